The summed E-state index contributed by atoms with van der Waals surface area (Å²) < 4.78 is 11.9. The molecule has 0 spiro atoms. The minimum Gasteiger partial charge on any atom is -0.464 e. The first-order valence-corrected chi connectivity index (χ1v) is 11.3. The first-order valence-electron chi connectivity index (χ1n) is 11.3. The number of pyridine rings is 1. The first kappa shape index (κ1) is 19.8. The normalized spacial score (nSPS) is 12.2. The van der Waals surface area contributed by atoms with Crippen molar-refractivity contribution in [2.75, 3.05) is 0 Å². The third-order valence-corrected chi connectivity index (χ3v) is 6.44. The molecule has 0 bridgehead atoms. The molecule has 162 valence electrons. The van der Waals surface area contributed by atoms with Gasteiger partial charge in [0.15, 0.2) is 0 Å². The van der Waals surface area contributed by atoms with E-state index < -0.39 is 0 Å². The van der Waals surface area contributed by atoms with E-state index in [-0.39, 0.29) is 5.41 Å². The van der Waals surface area contributed by atoms with Gasteiger partial charge >= 0.3 is 0 Å². The Morgan fingerprint density at radius 1 is 0.758 bits per heavy atom. The number of benzene rings is 3. The van der Waals surface area contributed by atoms with Crippen LogP contribution in [-0.2, 0) is 5.41 Å². The molecule has 3 aromatic heterocycles. The third kappa shape index (κ3) is 3.23. The molecule has 0 saturated carbocycles. The Bertz CT molecular complexity index is 1660. The largest absolute Gasteiger partial charge is 0.464 e. The Kier molecular flexibility index (Phi) is 4.25. The van der Waals surface area contributed by atoms with E-state index in [1.807, 2.05) is 24.4 Å². The molecule has 0 fully saturated rings. The lowest BCUT2D eigenvalue weighted by molar-refractivity contribution is 0.596. The zero-order valence-electron chi connectivity index (χ0n) is 19.3. The van der Waals surface area contributed by atoms with Crippen molar-refractivity contribution < 1.29 is 8.83 Å². The van der Waals surface area contributed by atoms with E-state index in [9.17, 15) is 0 Å². The summed E-state index contributed by atoms with van der Waals surface area (Å²) in [7, 11) is 0. The molecule has 3 aromatic carbocycles. The highest BCUT2D eigenvalue weighted by Crippen LogP contribution is 2.38. The summed E-state index contributed by atoms with van der Waals surface area (Å²) in [5.41, 5.74) is 7.27. The zero-order chi connectivity index (χ0) is 22.7. The lowest BCUT2D eigenvalue weighted by atomic mass is 9.82. The van der Waals surface area contributed by atoms with E-state index in [2.05, 4.69) is 76.2 Å². The highest BCUT2D eigenvalue weighted by molar-refractivity contribution is 5.98. The number of aromatic nitrogens is 1. The van der Waals surface area contributed by atoms with Crippen LogP contribution >= 0.6 is 0 Å². The molecule has 0 atom stereocenters. The standard InChI is InChI=1S/C30H25NO2/c1-18-17-32-26-10-9-20(14-23(18)26)28-16-24-27(33-28)11-12-31-29(24)21-13-19-7-5-6-8-22(19)25(15-21)30(2,3)4/h5-17H,1-4H3. The molecule has 33 heavy (non-hydrogen) atoms. The smallest absolute Gasteiger partial charge is 0.138 e. The SMILES string of the molecule is Cc1coc2ccc(-c3cc4c(-c5cc(C(C)(C)C)c6ccccc6c5)nccc4o3)cc12. The molecule has 0 saturated heterocycles. The Labute approximate surface area is 192 Å². The van der Waals surface area contributed by atoms with Gasteiger partial charge in [-0.25, -0.2) is 0 Å². The van der Waals surface area contributed by atoms with Crippen LogP contribution in [0.3, 0.4) is 0 Å². The van der Waals surface area contributed by atoms with Gasteiger partial charge in [0, 0.05) is 28.1 Å². The summed E-state index contributed by atoms with van der Waals surface area (Å²) in [6.45, 7) is 8.84. The number of rotatable bonds is 2. The first-order chi connectivity index (χ1) is 15.9. The summed E-state index contributed by atoms with van der Waals surface area (Å²) in [5.74, 6) is 0.832. The van der Waals surface area contributed by atoms with Crippen molar-refractivity contribution in [3.63, 3.8) is 0 Å². The second-order valence-electron chi connectivity index (χ2n) is 9.81. The number of nitrogens with zero attached hydrogens (tertiary/aromatic N) is 1. The van der Waals surface area contributed by atoms with Gasteiger partial charge in [0.05, 0.1) is 12.0 Å². The van der Waals surface area contributed by atoms with Crippen LogP contribution in [0.4, 0.5) is 0 Å². The Morgan fingerprint density at radius 3 is 2.45 bits per heavy atom. The van der Waals surface area contributed by atoms with Gasteiger partial charge in [0.2, 0.25) is 0 Å². The van der Waals surface area contributed by atoms with E-state index >= 15 is 0 Å². The molecule has 0 aliphatic carbocycles. The van der Waals surface area contributed by atoms with Crippen LogP contribution in [0, 0.1) is 6.92 Å². The van der Waals surface area contributed by atoms with Crippen molar-refractivity contribution in [2.24, 2.45) is 0 Å². The summed E-state index contributed by atoms with van der Waals surface area (Å²) in [6.07, 6.45) is 3.63. The van der Waals surface area contributed by atoms with Crippen LogP contribution in [0.25, 0.3) is 55.3 Å². The van der Waals surface area contributed by atoms with Crippen LogP contribution < -0.4 is 0 Å². The Hall–Kier alpha value is -3.85. The van der Waals surface area contributed by atoms with Gasteiger partial charge < -0.3 is 8.83 Å². The second kappa shape index (κ2) is 7.08. The van der Waals surface area contributed by atoms with Gasteiger partial charge in [-0.15, -0.1) is 0 Å². The summed E-state index contributed by atoms with van der Waals surface area (Å²) in [5, 5.41) is 4.64. The van der Waals surface area contributed by atoms with Crippen molar-refractivity contribution in [1.82, 2.24) is 4.98 Å². The summed E-state index contributed by atoms with van der Waals surface area (Å²) in [4.78, 5) is 4.79. The Morgan fingerprint density at radius 2 is 1.61 bits per heavy atom. The second-order valence-corrected chi connectivity index (χ2v) is 9.81. The van der Waals surface area contributed by atoms with E-state index in [0.717, 1.165) is 50.1 Å². The maximum atomic E-state index is 6.30. The number of hydrogen-bond donors (Lipinski definition) is 0. The lowest BCUT2D eigenvalue weighted by Gasteiger charge is -2.22. The number of furan rings is 2. The topological polar surface area (TPSA) is 39.2 Å². The molecule has 0 unspecified atom stereocenters. The van der Waals surface area contributed by atoms with Gasteiger partial charge in [0.1, 0.15) is 16.9 Å². The van der Waals surface area contributed by atoms with Crippen LogP contribution in [-0.4, -0.2) is 4.98 Å². The number of fused-ring (bicyclic) bond motifs is 3. The quantitative estimate of drug-likeness (QED) is 0.275. The molecule has 3 nitrogen and oxygen atoms in total. The molecule has 6 rings (SSSR count). The molecule has 0 radical (unpaired) electrons. The molecule has 3 heterocycles. The van der Waals surface area contributed by atoms with Crippen molar-refractivity contribution in [3.05, 3.63) is 90.3 Å². The predicted molar refractivity (Wildman–Crippen MR) is 136 cm³/mol. The van der Waals surface area contributed by atoms with Crippen LogP contribution in [0.15, 0.2) is 88.0 Å². The molecule has 0 aliphatic heterocycles. The monoisotopic (exact) mass is 431 g/mol. The summed E-state index contributed by atoms with van der Waals surface area (Å²) in [6, 6.07) is 23.3. The van der Waals surface area contributed by atoms with Gasteiger partial charge in [-0.3, -0.25) is 4.98 Å². The van der Waals surface area contributed by atoms with Crippen molar-refractivity contribution >= 4 is 32.7 Å². The van der Waals surface area contributed by atoms with Gasteiger partial charge in [-0.1, -0.05) is 45.0 Å². The maximum Gasteiger partial charge on any atom is 0.138 e. The average molecular weight is 432 g/mol. The number of hydrogen-bond acceptors (Lipinski definition) is 3. The van der Waals surface area contributed by atoms with Crippen LogP contribution in [0.5, 0.6) is 0 Å². The van der Waals surface area contributed by atoms with Crippen molar-refractivity contribution in [2.45, 2.75) is 33.1 Å². The van der Waals surface area contributed by atoms with E-state index in [0.29, 0.717) is 0 Å². The van der Waals surface area contributed by atoms with E-state index in [1.165, 1.54) is 16.3 Å². The molecule has 6 aromatic rings. The van der Waals surface area contributed by atoms with E-state index in [4.69, 9.17) is 13.8 Å². The molecular weight excluding hydrogens is 406 g/mol. The maximum absolute atomic E-state index is 6.30. The van der Waals surface area contributed by atoms with Crippen molar-refractivity contribution in [1.29, 1.82) is 0 Å². The number of aryl methyl sites for hydroxylation is 1. The van der Waals surface area contributed by atoms with Gasteiger partial charge in [0.25, 0.3) is 0 Å². The highest BCUT2D eigenvalue weighted by atomic mass is 16.3. The van der Waals surface area contributed by atoms with E-state index in [1.54, 1.807) is 6.26 Å². The average Bonchev–Trinajstić information content (AvgIpc) is 3.41. The molecular formula is C30H25NO2. The highest BCUT2D eigenvalue weighted by Gasteiger charge is 2.20. The fraction of sp³-hybridized carbons (Fsp3) is 0.167. The van der Waals surface area contributed by atoms with Crippen LogP contribution in [0.2, 0.25) is 0 Å². The predicted octanol–water partition coefficient (Wildman–Crippen LogP) is 8.67. The zero-order valence-corrected chi connectivity index (χ0v) is 19.3. The molecule has 0 N–H and O–H groups in total. The molecule has 0 amide bonds. The molecule has 0 aliphatic rings. The minimum atomic E-state index is 0.0168. The van der Waals surface area contributed by atoms with Crippen molar-refractivity contribution in [3.8, 4) is 22.6 Å². The fourth-order valence-corrected chi connectivity index (χ4v) is 4.71. The fourth-order valence-electron chi connectivity index (χ4n) is 4.71. The lowest BCUT2D eigenvalue weighted by Crippen LogP contribution is -2.12. The minimum absolute atomic E-state index is 0.0168. The van der Waals surface area contributed by atoms with Crippen LogP contribution in [0.1, 0.15) is 31.9 Å². The Balaban J connectivity index is 1.56. The van der Waals surface area contributed by atoms with Gasteiger partial charge in [-0.2, -0.15) is 0 Å². The third-order valence-electron chi connectivity index (χ3n) is 6.44. The molecule has 3 heteroatoms. The summed E-state index contributed by atoms with van der Waals surface area (Å²) >= 11 is 0. The van der Waals surface area contributed by atoms with Gasteiger partial charge in [-0.05, 0) is 76.7 Å².